The molecule has 136 valence electrons. The summed E-state index contributed by atoms with van der Waals surface area (Å²) >= 11 is 0. The molecule has 1 unspecified atom stereocenters. The number of nitrogens with zero attached hydrogens (tertiary/aromatic N) is 1. The van der Waals surface area contributed by atoms with Crippen LogP contribution in [0.2, 0.25) is 0 Å². The molecule has 2 heterocycles. The van der Waals surface area contributed by atoms with Gasteiger partial charge in [-0.25, -0.2) is 0 Å². The van der Waals surface area contributed by atoms with Crippen LogP contribution in [0.1, 0.15) is 56.6 Å². The van der Waals surface area contributed by atoms with Gasteiger partial charge in [0.05, 0.1) is 5.60 Å². The summed E-state index contributed by atoms with van der Waals surface area (Å²) in [4.78, 5) is 2.70. The molecule has 1 atom stereocenters. The van der Waals surface area contributed by atoms with Gasteiger partial charge in [-0.1, -0.05) is 49.3 Å². The molecule has 0 bridgehead atoms. The molecule has 3 heteroatoms. The minimum atomic E-state index is -0.703. The van der Waals surface area contributed by atoms with Crippen molar-refractivity contribution >= 4 is 6.08 Å². The van der Waals surface area contributed by atoms with Gasteiger partial charge in [-0.15, -0.1) is 0 Å². The molecule has 1 aromatic rings. The second-order valence-electron chi connectivity index (χ2n) is 8.22. The van der Waals surface area contributed by atoms with Gasteiger partial charge in [-0.2, -0.15) is 0 Å². The molecule has 3 nitrogen and oxygen atoms in total. The van der Waals surface area contributed by atoms with Crippen LogP contribution in [-0.4, -0.2) is 42.4 Å². The van der Waals surface area contributed by atoms with Crippen molar-refractivity contribution in [2.24, 2.45) is 5.92 Å². The van der Waals surface area contributed by atoms with E-state index in [1.165, 1.54) is 44.3 Å². The van der Waals surface area contributed by atoms with E-state index >= 15 is 0 Å². The highest BCUT2D eigenvalue weighted by atomic mass is 16.5. The first kappa shape index (κ1) is 17.3. The summed E-state index contributed by atoms with van der Waals surface area (Å²) < 4.78 is 5.39. The molecule has 3 aliphatic rings. The van der Waals surface area contributed by atoms with E-state index < -0.39 is 5.60 Å². The summed E-state index contributed by atoms with van der Waals surface area (Å²) in [5.41, 5.74) is 3.17. The first-order valence-electron chi connectivity index (χ1n) is 9.99. The van der Waals surface area contributed by atoms with Crippen molar-refractivity contribution in [3.8, 4) is 0 Å². The van der Waals surface area contributed by atoms with Crippen LogP contribution in [0.5, 0.6) is 0 Å². The van der Waals surface area contributed by atoms with E-state index in [2.05, 4.69) is 42.2 Å². The average molecular weight is 341 g/mol. The van der Waals surface area contributed by atoms with Crippen LogP contribution < -0.4 is 0 Å². The highest BCUT2D eigenvalue weighted by molar-refractivity contribution is 5.54. The Morgan fingerprint density at radius 2 is 1.88 bits per heavy atom. The second kappa shape index (κ2) is 7.22. The van der Waals surface area contributed by atoms with Gasteiger partial charge in [-0.3, -0.25) is 4.90 Å². The van der Waals surface area contributed by atoms with Gasteiger partial charge in [0.15, 0.2) is 0 Å². The molecule has 1 aromatic carbocycles. The monoisotopic (exact) mass is 341 g/mol. The van der Waals surface area contributed by atoms with Gasteiger partial charge < -0.3 is 9.84 Å². The Hall–Kier alpha value is -1.16. The van der Waals surface area contributed by atoms with Crippen molar-refractivity contribution in [2.75, 3.05) is 26.3 Å². The standard InChI is InChI=1S/C22H31NO2/c1-17-16-23(21-3-2-4-21)12-9-19(17)15-18-5-7-20(8-6-18)22(24)10-13-25-14-11-22/h5-8,15,17,21,24H,2-4,9-14,16H2,1H3/b19-15+. The van der Waals surface area contributed by atoms with Crippen LogP contribution in [0.25, 0.3) is 6.08 Å². The topological polar surface area (TPSA) is 32.7 Å². The van der Waals surface area contributed by atoms with Crippen molar-refractivity contribution in [1.82, 2.24) is 4.90 Å². The number of benzene rings is 1. The molecule has 2 saturated heterocycles. The number of ether oxygens (including phenoxy) is 1. The Balaban J connectivity index is 1.42. The molecule has 3 fully saturated rings. The zero-order valence-electron chi connectivity index (χ0n) is 15.4. The molecular formula is C22H31NO2. The van der Waals surface area contributed by atoms with E-state index in [1.54, 1.807) is 5.57 Å². The fraction of sp³-hybridized carbons (Fsp3) is 0.636. The Bertz CT molecular complexity index is 611. The fourth-order valence-electron chi connectivity index (χ4n) is 4.48. The van der Waals surface area contributed by atoms with E-state index in [0.29, 0.717) is 32.0 Å². The molecular weight excluding hydrogens is 310 g/mol. The molecule has 1 N–H and O–H groups in total. The third-order valence-electron chi connectivity index (χ3n) is 6.54. The summed E-state index contributed by atoms with van der Waals surface area (Å²) in [6, 6.07) is 9.41. The Morgan fingerprint density at radius 3 is 2.48 bits per heavy atom. The highest BCUT2D eigenvalue weighted by Crippen LogP contribution is 2.34. The Morgan fingerprint density at radius 1 is 1.16 bits per heavy atom. The summed E-state index contributed by atoms with van der Waals surface area (Å²) in [5, 5.41) is 10.8. The minimum Gasteiger partial charge on any atom is -0.385 e. The van der Waals surface area contributed by atoms with Gasteiger partial charge in [0.2, 0.25) is 0 Å². The zero-order chi connectivity index (χ0) is 17.3. The van der Waals surface area contributed by atoms with Gasteiger partial charge in [-0.05, 0) is 36.3 Å². The maximum atomic E-state index is 10.8. The molecule has 0 amide bonds. The van der Waals surface area contributed by atoms with Crippen LogP contribution in [0, 0.1) is 5.92 Å². The van der Waals surface area contributed by atoms with Gasteiger partial charge >= 0.3 is 0 Å². The summed E-state index contributed by atoms with van der Waals surface area (Å²) in [5.74, 6) is 0.647. The lowest BCUT2D eigenvalue weighted by molar-refractivity contribution is -0.0679. The first-order valence-corrected chi connectivity index (χ1v) is 9.99. The van der Waals surface area contributed by atoms with Crippen LogP contribution in [0.15, 0.2) is 29.8 Å². The number of likely N-dealkylation sites (tertiary alicyclic amines) is 1. The Labute approximate surface area is 151 Å². The summed E-state index contributed by atoms with van der Waals surface area (Å²) in [7, 11) is 0. The minimum absolute atomic E-state index is 0.647. The molecule has 1 saturated carbocycles. The van der Waals surface area contributed by atoms with E-state index in [1.807, 2.05) is 0 Å². The molecule has 2 aliphatic heterocycles. The summed E-state index contributed by atoms with van der Waals surface area (Å²) in [6.45, 7) is 6.11. The van der Waals surface area contributed by atoms with Crippen LogP contribution in [0.4, 0.5) is 0 Å². The first-order chi connectivity index (χ1) is 12.1. The quantitative estimate of drug-likeness (QED) is 0.903. The average Bonchev–Trinajstić information content (AvgIpc) is 2.57. The smallest absolute Gasteiger partial charge is 0.0940 e. The highest BCUT2D eigenvalue weighted by Gasteiger charge is 2.32. The van der Waals surface area contributed by atoms with Crippen molar-refractivity contribution in [3.63, 3.8) is 0 Å². The molecule has 0 aromatic heterocycles. The van der Waals surface area contributed by atoms with E-state index in [0.717, 1.165) is 11.6 Å². The van der Waals surface area contributed by atoms with Crippen LogP contribution in [0.3, 0.4) is 0 Å². The largest absolute Gasteiger partial charge is 0.385 e. The number of aliphatic hydroxyl groups is 1. The van der Waals surface area contributed by atoms with E-state index in [9.17, 15) is 5.11 Å². The maximum absolute atomic E-state index is 10.8. The molecule has 25 heavy (non-hydrogen) atoms. The van der Waals surface area contributed by atoms with Crippen molar-refractivity contribution in [3.05, 3.63) is 41.0 Å². The molecule has 0 radical (unpaired) electrons. The van der Waals surface area contributed by atoms with Crippen molar-refractivity contribution in [1.29, 1.82) is 0 Å². The Kier molecular flexibility index (Phi) is 4.99. The van der Waals surface area contributed by atoms with E-state index in [-0.39, 0.29) is 0 Å². The van der Waals surface area contributed by atoms with Gasteiger partial charge in [0.1, 0.15) is 0 Å². The number of hydrogen-bond acceptors (Lipinski definition) is 3. The summed E-state index contributed by atoms with van der Waals surface area (Å²) in [6.07, 6.45) is 9.19. The lowest BCUT2D eigenvalue weighted by atomic mass is 9.84. The maximum Gasteiger partial charge on any atom is 0.0940 e. The van der Waals surface area contributed by atoms with Gasteiger partial charge in [0.25, 0.3) is 0 Å². The lowest BCUT2D eigenvalue weighted by Gasteiger charge is -2.42. The SMILES string of the molecule is CC1CN(C2CCC2)CC/C1=C\c1ccc(C2(O)CCOCC2)cc1. The second-order valence-corrected chi connectivity index (χ2v) is 8.22. The number of piperidine rings is 1. The third kappa shape index (κ3) is 3.69. The normalized spacial score (nSPS) is 29.5. The van der Waals surface area contributed by atoms with Crippen LogP contribution in [-0.2, 0) is 10.3 Å². The molecule has 1 aliphatic carbocycles. The predicted molar refractivity (Wildman–Crippen MR) is 101 cm³/mol. The third-order valence-corrected chi connectivity index (χ3v) is 6.54. The predicted octanol–water partition coefficient (Wildman–Crippen LogP) is 3.96. The van der Waals surface area contributed by atoms with E-state index in [4.69, 9.17) is 4.74 Å². The zero-order valence-corrected chi connectivity index (χ0v) is 15.4. The van der Waals surface area contributed by atoms with Gasteiger partial charge in [0, 0.05) is 45.2 Å². The number of hydrogen-bond donors (Lipinski definition) is 1. The van der Waals surface area contributed by atoms with Crippen molar-refractivity contribution < 1.29 is 9.84 Å². The number of rotatable bonds is 3. The van der Waals surface area contributed by atoms with Crippen molar-refractivity contribution in [2.45, 2.75) is 57.1 Å². The van der Waals surface area contributed by atoms with Crippen LogP contribution >= 0.6 is 0 Å². The lowest BCUT2D eigenvalue weighted by Crippen LogP contribution is -2.46. The fourth-order valence-corrected chi connectivity index (χ4v) is 4.48. The molecule has 0 spiro atoms. The molecule has 4 rings (SSSR count).